The Morgan fingerprint density at radius 1 is 1.44 bits per heavy atom. The Morgan fingerprint density at radius 3 is 2.94 bits per heavy atom. The van der Waals surface area contributed by atoms with Gasteiger partial charge in [0.05, 0.1) is 21.7 Å². The number of benzene rings is 1. The van der Waals surface area contributed by atoms with E-state index >= 15 is 0 Å². The van der Waals surface area contributed by atoms with E-state index in [9.17, 15) is 8.42 Å². The Kier molecular flexibility index (Phi) is 4.04. The van der Waals surface area contributed by atoms with Crippen molar-refractivity contribution in [2.75, 3.05) is 10.5 Å². The van der Waals surface area contributed by atoms with E-state index in [1.165, 1.54) is 11.3 Å². The van der Waals surface area contributed by atoms with Gasteiger partial charge in [0.25, 0.3) is 0 Å². The van der Waals surface area contributed by atoms with Gasteiger partial charge in [-0.25, -0.2) is 8.42 Å². The fourth-order valence-electron chi connectivity index (χ4n) is 1.57. The van der Waals surface area contributed by atoms with Crippen molar-refractivity contribution in [3.05, 3.63) is 22.2 Å². The molecule has 0 fully saturated rings. The third kappa shape index (κ3) is 3.30. The molecule has 0 unspecified atom stereocenters. The van der Waals surface area contributed by atoms with E-state index in [1.54, 1.807) is 12.1 Å². The number of thiazole rings is 1. The van der Waals surface area contributed by atoms with Crippen LogP contribution < -0.4 is 4.72 Å². The highest BCUT2D eigenvalue weighted by molar-refractivity contribution is 7.92. The number of unbranched alkanes of at least 4 members (excludes halogenated alkanes) is 1. The number of aromatic nitrogens is 1. The van der Waals surface area contributed by atoms with Crippen molar-refractivity contribution in [2.45, 2.75) is 19.8 Å². The van der Waals surface area contributed by atoms with Gasteiger partial charge in [-0.15, -0.1) is 11.3 Å². The van der Waals surface area contributed by atoms with Crippen molar-refractivity contribution in [2.24, 2.45) is 0 Å². The van der Waals surface area contributed by atoms with Crippen LogP contribution in [0.4, 0.5) is 5.69 Å². The van der Waals surface area contributed by atoms with Crippen LogP contribution in [0.15, 0.2) is 18.2 Å². The van der Waals surface area contributed by atoms with Gasteiger partial charge in [0, 0.05) is 0 Å². The van der Waals surface area contributed by atoms with Crippen molar-refractivity contribution in [1.82, 2.24) is 4.98 Å². The van der Waals surface area contributed by atoms with Crippen LogP contribution in [0.2, 0.25) is 0 Å². The molecule has 0 saturated carbocycles. The number of nitrogens with one attached hydrogen (secondary N) is 2. The lowest BCUT2D eigenvalue weighted by molar-refractivity contribution is 0.598. The molecule has 0 spiro atoms. The first-order chi connectivity index (χ1) is 8.50. The summed E-state index contributed by atoms with van der Waals surface area (Å²) in [7, 11) is -3.24. The van der Waals surface area contributed by atoms with Gasteiger partial charge < -0.3 is 4.98 Å². The lowest BCUT2D eigenvalue weighted by Crippen LogP contribution is -2.16. The molecular weight excluding hydrogens is 288 g/mol. The quantitative estimate of drug-likeness (QED) is 0.831. The smallest absolute Gasteiger partial charge is 0.232 e. The normalized spacial score (nSPS) is 11.8. The van der Waals surface area contributed by atoms with E-state index in [2.05, 4.69) is 9.71 Å². The molecular formula is C11H14N2O2S3. The summed E-state index contributed by atoms with van der Waals surface area (Å²) in [5.74, 6) is 0.157. The fraction of sp³-hybridized carbons (Fsp3) is 0.364. The zero-order valence-electron chi connectivity index (χ0n) is 9.89. The van der Waals surface area contributed by atoms with Crippen molar-refractivity contribution < 1.29 is 8.42 Å². The Bertz CT molecular complexity index is 700. The molecule has 0 aliphatic heterocycles. The van der Waals surface area contributed by atoms with Crippen LogP contribution in [0.3, 0.4) is 0 Å². The van der Waals surface area contributed by atoms with E-state index in [1.807, 2.05) is 13.0 Å². The zero-order chi connectivity index (χ0) is 13.2. The fourth-order valence-corrected chi connectivity index (χ4v) is 3.99. The van der Waals surface area contributed by atoms with Gasteiger partial charge >= 0.3 is 0 Å². The van der Waals surface area contributed by atoms with Crippen LogP contribution in [0.1, 0.15) is 19.8 Å². The summed E-state index contributed by atoms with van der Waals surface area (Å²) in [6.07, 6.45) is 1.53. The van der Waals surface area contributed by atoms with Crippen molar-refractivity contribution >= 4 is 49.5 Å². The third-order valence-electron chi connectivity index (χ3n) is 2.46. The van der Waals surface area contributed by atoms with E-state index in [0.717, 1.165) is 16.6 Å². The average molecular weight is 302 g/mol. The monoisotopic (exact) mass is 302 g/mol. The number of fused-ring (bicyclic) bond motifs is 1. The third-order valence-corrected chi connectivity index (χ3v) is 5.03. The highest BCUT2D eigenvalue weighted by Gasteiger charge is 2.10. The summed E-state index contributed by atoms with van der Waals surface area (Å²) in [4.78, 5) is 3.04. The minimum absolute atomic E-state index is 0.157. The first-order valence-electron chi connectivity index (χ1n) is 5.63. The molecule has 0 bridgehead atoms. The predicted molar refractivity (Wildman–Crippen MR) is 79.3 cm³/mol. The molecule has 0 radical (unpaired) electrons. The molecule has 1 heterocycles. The van der Waals surface area contributed by atoms with Gasteiger partial charge in [0.1, 0.15) is 0 Å². The summed E-state index contributed by atoms with van der Waals surface area (Å²) in [5, 5.41) is 0. The maximum absolute atomic E-state index is 11.8. The minimum atomic E-state index is -3.24. The number of H-pyrrole nitrogens is 1. The SMILES string of the molecule is CCCCS(=O)(=O)Nc1ccc2[nH]c(=S)sc2c1. The molecule has 0 saturated heterocycles. The van der Waals surface area contributed by atoms with Crippen LogP contribution in [-0.2, 0) is 10.0 Å². The minimum Gasteiger partial charge on any atom is -0.337 e. The summed E-state index contributed by atoms with van der Waals surface area (Å²) < 4.78 is 27.8. The standard InChI is InChI=1S/C11H14N2O2S3/c1-2-3-6-18(14,15)13-8-4-5-9-10(7-8)17-11(16)12-9/h4-5,7,13H,2-3,6H2,1H3,(H,12,16). The summed E-state index contributed by atoms with van der Waals surface area (Å²) in [6, 6.07) is 5.37. The van der Waals surface area contributed by atoms with Crippen molar-refractivity contribution in [3.63, 3.8) is 0 Å². The Morgan fingerprint density at radius 2 is 2.22 bits per heavy atom. The second-order valence-corrected chi connectivity index (χ2v) is 7.56. The molecule has 1 aromatic carbocycles. The van der Waals surface area contributed by atoms with E-state index in [4.69, 9.17) is 12.2 Å². The highest BCUT2D eigenvalue weighted by atomic mass is 32.2. The molecule has 7 heteroatoms. The van der Waals surface area contributed by atoms with E-state index in [-0.39, 0.29) is 5.75 Å². The topological polar surface area (TPSA) is 62.0 Å². The van der Waals surface area contributed by atoms with Gasteiger partial charge in [0.2, 0.25) is 10.0 Å². The molecule has 2 N–H and O–H groups in total. The van der Waals surface area contributed by atoms with Crippen LogP contribution >= 0.6 is 23.6 Å². The number of sulfonamides is 1. The Labute approximate surface area is 115 Å². The Balaban J connectivity index is 2.24. The largest absolute Gasteiger partial charge is 0.337 e. The van der Waals surface area contributed by atoms with E-state index in [0.29, 0.717) is 16.1 Å². The predicted octanol–water partition coefficient (Wildman–Crippen LogP) is 3.50. The number of rotatable bonds is 5. The highest BCUT2D eigenvalue weighted by Crippen LogP contribution is 2.23. The second-order valence-electron chi connectivity index (χ2n) is 4.00. The van der Waals surface area contributed by atoms with Crippen LogP contribution in [-0.4, -0.2) is 19.2 Å². The number of hydrogen-bond donors (Lipinski definition) is 2. The molecule has 2 aromatic rings. The van der Waals surface area contributed by atoms with Crippen molar-refractivity contribution in [3.8, 4) is 0 Å². The van der Waals surface area contributed by atoms with Gasteiger partial charge in [-0.1, -0.05) is 13.3 Å². The van der Waals surface area contributed by atoms with Crippen LogP contribution in [0.25, 0.3) is 10.2 Å². The molecule has 0 amide bonds. The molecule has 0 aliphatic carbocycles. The molecule has 98 valence electrons. The van der Waals surface area contributed by atoms with Gasteiger partial charge in [-0.2, -0.15) is 0 Å². The lowest BCUT2D eigenvalue weighted by atomic mass is 10.3. The lowest BCUT2D eigenvalue weighted by Gasteiger charge is -2.07. The second kappa shape index (κ2) is 5.38. The summed E-state index contributed by atoms with van der Waals surface area (Å²) in [6.45, 7) is 1.97. The van der Waals surface area contributed by atoms with Gasteiger partial charge in [-0.3, -0.25) is 4.72 Å². The van der Waals surface area contributed by atoms with Gasteiger partial charge in [-0.05, 0) is 36.8 Å². The molecule has 0 atom stereocenters. The first kappa shape index (κ1) is 13.5. The summed E-state index contributed by atoms with van der Waals surface area (Å²) >= 11 is 6.48. The van der Waals surface area contributed by atoms with Crippen LogP contribution in [0.5, 0.6) is 0 Å². The Hall–Kier alpha value is -0.920. The van der Waals surface area contributed by atoms with Gasteiger partial charge in [0.15, 0.2) is 3.95 Å². The molecule has 2 rings (SSSR count). The molecule has 0 aliphatic rings. The summed E-state index contributed by atoms with van der Waals surface area (Å²) in [5.41, 5.74) is 1.52. The first-order valence-corrected chi connectivity index (χ1v) is 8.51. The maximum Gasteiger partial charge on any atom is 0.232 e. The van der Waals surface area contributed by atoms with Crippen molar-refractivity contribution in [1.29, 1.82) is 0 Å². The average Bonchev–Trinajstić information content (AvgIpc) is 2.65. The molecule has 18 heavy (non-hydrogen) atoms. The maximum atomic E-state index is 11.8. The number of hydrogen-bond acceptors (Lipinski definition) is 4. The number of aromatic amines is 1. The molecule has 4 nitrogen and oxygen atoms in total. The number of anilines is 1. The molecule has 1 aromatic heterocycles. The zero-order valence-corrected chi connectivity index (χ0v) is 12.3. The van der Waals surface area contributed by atoms with E-state index < -0.39 is 10.0 Å². The van der Waals surface area contributed by atoms with Crippen LogP contribution in [0, 0.1) is 3.95 Å².